The normalized spacial score (nSPS) is 21.7. The Hall–Kier alpha value is -1.04. The van der Waals surface area contributed by atoms with Gasteiger partial charge in [-0.15, -0.1) is 0 Å². The van der Waals surface area contributed by atoms with Crippen LogP contribution < -0.4 is 11.3 Å². The van der Waals surface area contributed by atoms with Gasteiger partial charge in [0.15, 0.2) is 11.6 Å². The van der Waals surface area contributed by atoms with Gasteiger partial charge in [-0.05, 0) is 30.5 Å². The number of nitrogens with one attached hydrogen (secondary N) is 1. The molecular weight excluding hydrogens is 226 g/mol. The van der Waals surface area contributed by atoms with Crippen molar-refractivity contribution < 1.29 is 13.5 Å². The molecular formula is C12H16F2N2O. The molecule has 17 heavy (non-hydrogen) atoms. The van der Waals surface area contributed by atoms with Crippen molar-refractivity contribution in [2.75, 3.05) is 13.2 Å². The lowest BCUT2D eigenvalue weighted by molar-refractivity contribution is 0.176. The molecule has 1 aliphatic rings. The van der Waals surface area contributed by atoms with Crippen LogP contribution in [0.3, 0.4) is 0 Å². The molecule has 0 aromatic heterocycles. The molecule has 1 heterocycles. The van der Waals surface area contributed by atoms with Gasteiger partial charge in [0, 0.05) is 18.6 Å². The van der Waals surface area contributed by atoms with Gasteiger partial charge in [0.1, 0.15) is 0 Å². The zero-order valence-electron chi connectivity index (χ0n) is 9.46. The van der Waals surface area contributed by atoms with Gasteiger partial charge >= 0.3 is 0 Å². The molecule has 1 aromatic carbocycles. The van der Waals surface area contributed by atoms with Crippen molar-refractivity contribution in [3.63, 3.8) is 0 Å². The quantitative estimate of drug-likeness (QED) is 0.619. The minimum absolute atomic E-state index is 0.0300. The van der Waals surface area contributed by atoms with Crippen LogP contribution in [0.2, 0.25) is 0 Å². The number of halogens is 2. The summed E-state index contributed by atoms with van der Waals surface area (Å²) in [6.07, 6.45) is 1.51. The van der Waals surface area contributed by atoms with Crippen LogP contribution in [0.4, 0.5) is 8.78 Å². The molecule has 1 aromatic rings. The molecule has 2 rings (SSSR count). The largest absolute Gasteiger partial charge is 0.381 e. The predicted molar refractivity (Wildman–Crippen MR) is 60.1 cm³/mol. The van der Waals surface area contributed by atoms with Crippen LogP contribution in [0.1, 0.15) is 12.0 Å². The molecule has 2 unspecified atom stereocenters. The molecule has 94 valence electrons. The van der Waals surface area contributed by atoms with Crippen molar-refractivity contribution in [1.29, 1.82) is 0 Å². The first-order valence-corrected chi connectivity index (χ1v) is 5.68. The highest BCUT2D eigenvalue weighted by Crippen LogP contribution is 2.20. The monoisotopic (exact) mass is 242 g/mol. The average Bonchev–Trinajstić information content (AvgIpc) is 2.84. The third-order valence-electron chi connectivity index (χ3n) is 3.19. The van der Waals surface area contributed by atoms with E-state index in [-0.39, 0.29) is 6.04 Å². The fourth-order valence-corrected chi connectivity index (χ4v) is 2.15. The molecule has 3 N–H and O–H groups in total. The van der Waals surface area contributed by atoms with E-state index in [1.165, 1.54) is 6.07 Å². The Bertz CT molecular complexity index is 381. The van der Waals surface area contributed by atoms with Crippen molar-refractivity contribution in [2.24, 2.45) is 11.8 Å². The average molecular weight is 242 g/mol. The van der Waals surface area contributed by atoms with E-state index < -0.39 is 11.6 Å². The van der Waals surface area contributed by atoms with Gasteiger partial charge in [-0.2, -0.15) is 0 Å². The molecule has 0 aliphatic carbocycles. The highest BCUT2D eigenvalue weighted by atomic mass is 19.2. The highest BCUT2D eigenvalue weighted by molar-refractivity contribution is 5.19. The standard InChI is InChI=1S/C12H16F2N2O/c13-10-2-1-8(5-11(10)14)6-12(16-15)9-3-4-17-7-9/h1-2,5,9,12,16H,3-4,6-7,15H2. The number of hydrogen-bond acceptors (Lipinski definition) is 3. The number of benzene rings is 1. The van der Waals surface area contributed by atoms with Crippen LogP contribution in [0.5, 0.6) is 0 Å². The topological polar surface area (TPSA) is 47.3 Å². The summed E-state index contributed by atoms with van der Waals surface area (Å²) in [6.45, 7) is 1.40. The summed E-state index contributed by atoms with van der Waals surface area (Å²) in [4.78, 5) is 0. The zero-order valence-corrected chi connectivity index (χ0v) is 9.46. The first-order valence-electron chi connectivity index (χ1n) is 5.68. The van der Waals surface area contributed by atoms with Crippen LogP contribution in [-0.2, 0) is 11.2 Å². The maximum absolute atomic E-state index is 13.1. The van der Waals surface area contributed by atoms with E-state index in [0.717, 1.165) is 24.7 Å². The summed E-state index contributed by atoms with van der Waals surface area (Å²) in [7, 11) is 0. The van der Waals surface area contributed by atoms with E-state index in [2.05, 4.69) is 5.43 Å². The fourth-order valence-electron chi connectivity index (χ4n) is 2.15. The Balaban J connectivity index is 2.04. The summed E-state index contributed by atoms with van der Waals surface area (Å²) < 4.78 is 31.1. The van der Waals surface area contributed by atoms with E-state index in [4.69, 9.17) is 10.6 Å². The third kappa shape index (κ3) is 3.00. The summed E-state index contributed by atoms with van der Waals surface area (Å²) in [5, 5.41) is 0. The maximum Gasteiger partial charge on any atom is 0.159 e. The molecule has 1 saturated heterocycles. The Morgan fingerprint density at radius 1 is 1.41 bits per heavy atom. The van der Waals surface area contributed by atoms with Gasteiger partial charge in [-0.3, -0.25) is 11.3 Å². The molecule has 5 heteroatoms. The van der Waals surface area contributed by atoms with E-state index >= 15 is 0 Å². The second-order valence-electron chi connectivity index (χ2n) is 4.35. The Kier molecular flexibility index (Phi) is 4.04. The van der Waals surface area contributed by atoms with Crippen molar-refractivity contribution in [1.82, 2.24) is 5.43 Å². The number of ether oxygens (including phenoxy) is 1. The van der Waals surface area contributed by atoms with E-state index in [9.17, 15) is 8.78 Å². The van der Waals surface area contributed by atoms with Crippen LogP contribution in [0.15, 0.2) is 18.2 Å². The SMILES string of the molecule is NNC(Cc1ccc(F)c(F)c1)C1CCOC1. The first kappa shape index (κ1) is 12.4. The van der Waals surface area contributed by atoms with Gasteiger partial charge in [0.25, 0.3) is 0 Å². The molecule has 0 amide bonds. The summed E-state index contributed by atoms with van der Waals surface area (Å²) >= 11 is 0. The number of hydrazine groups is 1. The third-order valence-corrected chi connectivity index (χ3v) is 3.19. The molecule has 0 bridgehead atoms. The van der Waals surface area contributed by atoms with Crippen LogP contribution in [-0.4, -0.2) is 19.3 Å². The highest BCUT2D eigenvalue weighted by Gasteiger charge is 2.25. The van der Waals surface area contributed by atoms with Crippen molar-refractivity contribution in [3.8, 4) is 0 Å². The van der Waals surface area contributed by atoms with E-state index in [1.54, 1.807) is 6.07 Å². The molecule has 2 atom stereocenters. The number of rotatable bonds is 4. The van der Waals surface area contributed by atoms with Crippen LogP contribution in [0, 0.1) is 17.6 Å². The summed E-state index contributed by atoms with van der Waals surface area (Å²) in [5.41, 5.74) is 3.47. The molecule has 1 aliphatic heterocycles. The second-order valence-corrected chi connectivity index (χ2v) is 4.35. The zero-order chi connectivity index (χ0) is 12.3. The number of nitrogens with two attached hydrogens (primary N) is 1. The summed E-state index contributed by atoms with van der Waals surface area (Å²) in [5.74, 6) is 4.18. The minimum Gasteiger partial charge on any atom is -0.381 e. The van der Waals surface area contributed by atoms with Crippen molar-refractivity contribution in [2.45, 2.75) is 18.9 Å². The van der Waals surface area contributed by atoms with Gasteiger partial charge in [0.2, 0.25) is 0 Å². The molecule has 0 spiro atoms. The summed E-state index contributed by atoms with van der Waals surface area (Å²) in [6, 6.07) is 3.97. The van der Waals surface area contributed by atoms with E-state index in [0.29, 0.717) is 18.9 Å². The lowest BCUT2D eigenvalue weighted by Gasteiger charge is -2.21. The molecule has 3 nitrogen and oxygen atoms in total. The lowest BCUT2D eigenvalue weighted by Crippen LogP contribution is -2.42. The lowest BCUT2D eigenvalue weighted by atomic mass is 9.93. The van der Waals surface area contributed by atoms with Crippen LogP contribution in [0.25, 0.3) is 0 Å². The van der Waals surface area contributed by atoms with Gasteiger partial charge in [-0.25, -0.2) is 8.78 Å². The molecule has 0 radical (unpaired) electrons. The Morgan fingerprint density at radius 2 is 2.24 bits per heavy atom. The van der Waals surface area contributed by atoms with Crippen molar-refractivity contribution >= 4 is 0 Å². The van der Waals surface area contributed by atoms with Gasteiger partial charge in [0.05, 0.1) is 6.61 Å². The molecule has 0 saturated carbocycles. The predicted octanol–water partition coefficient (Wildman–Crippen LogP) is 1.38. The maximum atomic E-state index is 13.1. The smallest absolute Gasteiger partial charge is 0.159 e. The van der Waals surface area contributed by atoms with Crippen molar-refractivity contribution in [3.05, 3.63) is 35.4 Å². The molecule has 1 fully saturated rings. The van der Waals surface area contributed by atoms with Gasteiger partial charge in [-0.1, -0.05) is 6.07 Å². The fraction of sp³-hybridized carbons (Fsp3) is 0.500. The Labute approximate surface area is 98.9 Å². The minimum atomic E-state index is -0.824. The second kappa shape index (κ2) is 5.53. The Morgan fingerprint density at radius 3 is 2.82 bits per heavy atom. The van der Waals surface area contributed by atoms with E-state index in [1.807, 2.05) is 0 Å². The first-order chi connectivity index (χ1) is 8.20. The van der Waals surface area contributed by atoms with Gasteiger partial charge < -0.3 is 4.74 Å². The van der Waals surface area contributed by atoms with Crippen LogP contribution >= 0.6 is 0 Å². The number of hydrogen-bond donors (Lipinski definition) is 2.